The minimum absolute atomic E-state index is 0.0828. The zero-order valence-electron chi connectivity index (χ0n) is 7.70. The number of carbonyl (C=O) groups is 2. The predicted molar refractivity (Wildman–Crippen MR) is 55.5 cm³/mol. The Morgan fingerprint density at radius 3 is 2.50 bits per heavy atom. The summed E-state index contributed by atoms with van der Waals surface area (Å²) in [4.78, 5) is 21.3. The number of carbonyl (C=O) groups excluding carboxylic acids is 2. The third-order valence-electron chi connectivity index (χ3n) is 1.86. The molecule has 0 radical (unpaired) electrons. The molecule has 0 N–H and O–H groups in total. The van der Waals surface area contributed by atoms with E-state index in [4.69, 9.17) is 11.6 Å². The quantitative estimate of drug-likeness (QED) is 0.700. The lowest BCUT2D eigenvalue weighted by atomic mass is 10.1. The average molecular weight is 211 g/mol. The van der Waals surface area contributed by atoms with Gasteiger partial charge in [-0.2, -0.15) is 0 Å². The molecule has 0 aliphatic heterocycles. The molecule has 1 aromatic rings. The van der Waals surface area contributed by atoms with Gasteiger partial charge in [0.1, 0.15) is 12.1 Å². The van der Waals surface area contributed by atoms with Gasteiger partial charge in [0.05, 0.1) is 0 Å². The summed E-state index contributed by atoms with van der Waals surface area (Å²) in [7, 11) is 0. The zero-order valence-corrected chi connectivity index (χ0v) is 8.46. The number of rotatable bonds is 5. The van der Waals surface area contributed by atoms with E-state index in [1.54, 1.807) is 12.1 Å². The molecule has 0 saturated carbocycles. The summed E-state index contributed by atoms with van der Waals surface area (Å²) in [5.41, 5.74) is 0.935. The maximum absolute atomic E-state index is 11.3. The topological polar surface area (TPSA) is 34.1 Å². The van der Waals surface area contributed by atoms with Gasteiger partial charge in [0.2, 0.25) is 0 Å². The van der Waals surface area contributed by atoms with Gasteiger partial charge in [-0.15, -0.1) is 0 Å². The van der Waals surface area contributed by atoms with Crippen molar-refractivity contribution < 1.29 is 9.59 Å². The predicted octanol–water partition coefficient (Wildman–Crippen LogP) is 2.43. The van der Waals surface area contributed by atoms with Crippen LogP contribution >= 0.6 is 11.6 Å². The number of halogens is 1. The maximum Gasteiger partial charge on any atom is 0.137 e. The lowest BCUT2D eigenvalue weighted by Gasteiger charge is -1.99. The molecule has 1 rings (SSSR count). The Balaban J connectivity index is 2.47. The van der Waals surface area contributed by atoms with Crippen molar-refractivity contribution in [2.45, 2.75) is 19.3 Å². The number of hydrogen-bond acceptors (Lipinski definition) is 2. The van der Waals surface area contributed by atoms with Crippen LogP contribution in [0.25, 0.3) is 0 Å². The van der Waals surface area contributed by atoms with E-state index in [2.05, 4.69) is 0 Å². The standard InChI is InChI=1S/C11H11ClO2/c12-10-5-3-9(4-6-10)8-11(14)2-1-7-13/h3-7H,1-2,8H2. The second-order valence-corrected chi connectivity index (χ2v) is 3.48. The highest BCUT2D eigenvalue weighted by Crippen LogP contribution is 2.10. The summed E-state index contributed by atoms with van der Waals surface area (Å²) in [6.45, 7) is 0. The average Bonchev–Trinajstić information content (AvgIpc) is 2.18. The van der Waals surface area contributed by atoms with E-state index in [0.717, 1.165) is 11.8 Å². The van der Waals surface area contributed by atoms with Gasteiger partial charge < -0.3 is 4.79 Å². The van der Waals surface area contributed by atoms with Crippen molar-refractivity contribution in [1.82, 2.24) is 0 Å². The minimum atomic E-state index is 0.0828. The van der Waals surface area contributed by atoms with Crippen molar-refractivity contribution in [2.75, 3.05) is 0 Å². The van der Waals surface area contributed by atoms with Crippen molar-refractivity contribution in [3.8, 4) is 0 Å². The van der Waals surface area contributed by atoms with Crippen molar-refractivity contribution >= 4 is 23.7 Å². The second-order valence-electron chi connectivity index (χ2n) is 3.05. The maximum atomic E-state index is 11.3. The fraction of sp³-hybridized carbons (Fsp3) is 0.273. The molecule has 0 unspecified atom stereocenters. The van der Waals surface area contributed by atoms with E-state index in [9.17, 15) is 9.59 Å². The Kier molecular flexibility index (Phi) is 4.33. The van der Waals surface area contributed by atoms with Gasteiger partial charge in [-0.05, 0) is 17.7 Å². The van der Waals surface area contributed by atoms with Crippen LogP contribution in [0.15, 0.2) is 24.3 Å². The van der Waals surface area contributed by atoms with Gasteiger partial charge in [0.15, 0.2) is 0 Å². The molecular formula is C11H11ClO2. The fourth-order valence-electron chi connectivity index (χ4n) is 1.14. The summed E-state index contributed by atoms with van der Waals surface area (Å²) in [6, 6.07) is 7.15. The van der Waals surface area contributed by atoms with Crippen LogP contribution in [-0.2, 0) is 16.0 Å². The fourth-order valence-corrected chi connectivity index (χ4v) is 1.26. The van der Waals surface area contributed by atoms with Crippen molar-refractivity contribution in [3.05, 3.63) is 34.9 Å². The van der Waals surface area contributed by atoms with Gasteiger partial charge in [-0.25, -0.2) is 0 Å². The van der Waals surface area contributed by atoms with Crippen LogP contribution in [-0.4, -0.2) is 12.1 Å². The first-order valence-electron chi connectivity index (χ1n) is 4.42. The van der Waals surface area contributed by atoms with E-state index in [0.29, 0.717) is 24.3 Å². The third kappa shape index (κ3) is 3.71. The highest BCUT2D eigenvalue weighted by molar-refractivity contribution is 6.30. The first kappa shape index (κ1) is 10.9. The lowest BCUT2D eigenvalue weighted by molar-refractivity contribution is -0.120. The summed E-state index contributed by atoms with van der Waals surface area (Å²) in [5, 5.41) is 0.661. The molecule has 14 heavy (non-hydrogen) atoms. The van der Waals surface area contributed by atoms with Crippen LogP contribution in [0, 0.1) is 0 Å². The summed E-state index contributed by atoms with van der Waals surface area (Å²) in [6.07, 6.45) is 1.78. The molecule has 0 atom stereocenters. The molecule has 2 nitrogen and oxygen atoms in total. The van der Waals surface area contributed by atoms with Gasteiger partial charge >= 0.3 is 0 Å². The molecule has 0 aliphatic carbocycles. The van der Waals surface area contributed by atoms with Crippen LogP contribution in [0.2, 0.25) is 5.02 Å². The molecule has 0 bridgehead atoms. The molecule has 0 saturated heterocycles. The molecule has 0 heterocycles. The van der Waals surface area contributed by atoms with Crippen LogP contribution in [0.4, 0.5) is 0 Å². The van der Waals surface area contributed by atoms with E-state index in [1.807, 2.05) is 12.1 Å². The molecule has 0 fully saturated rings. The van der Waals surface area contributed by atoms with Gasteiger partial charge in [-0.1, -0.05) is 23.7 Å². The largest absolute Gasteiger partial charge is 0.303 e. The Bertz CT molecular complexity index is 317. The molecule has 0 spiro atoms. The van der Waals surface area contributed by atoms with Gasteiger partial charge in [-0.3, -0.25) is 4.79 Å². The van der Waals surface area contributed by atoms with E-state index < -0.39 is 0 Å². The summed E-state index contributed by atoms with van der Waals surface area (Å²) < 4.78 is 0. The zero-order chi connectivity index (χ0) is 10.4. The molecule has 0 aromatic heterocycles. The monoisotopic (exact) mass is 210 g/mol. The molecule has 74 valence electrons. The normalized spacial score (nSPS) is 9.79. The second kappa shape index (κ2) is 5.55. The van der Waals surface area contributed by atoms with Crippen molar-refractivity contribution in [3.63, 3.8) is 0 Å². The Hall–Kier alpha value is -1.15. The minimum Gasteiger partial charge on any atom is -0.303 e. The van der Waals surface area contributed by atoms with Crippen molar-refractivity contribution in [2.24, 2.45) is 0 Å². The van der Waals surface area contributed by atoms with E-state index in [-0.39, 0.29) is 5.78 Å². The van der Waals surface area contributed by atoms with Crippen LogP contribution < -0.4 is 0 Å². The SMILES string of the molecule is O=CCCC(=O)Cc1ccc(Cl)cc1. The molecular weight excluding hydrogens is 200 g/mol. The number of hydrogen-bond donors (Lipinski definition) is 0. The summed E-state index contributed by atoms with van der Waals surface area (Å²) in [5.74, 6) is 0.0828. The number of aldehydes is 1. The van der Waals surface area contributed by atoms with Crippen LogP contribution in [0.5, 0.6) is 0 Å². The molecule has 0 amide bonds. The highest BCUT2D eigenvalue weighted by Gasteiger charge is 2.02. The first-order valence-corrected chi connectivity index (χ1v) is 4.80. The summed E-state index contributed by atoms with van der Waals surface area (Å²) >= 11 is 5.70. The van der Waals surface area contributed by atoms with E-state index in [1.165, 1.54) is 0 Å². The Labute approximate surface area is 87.9 Å². The van der Waals surface area contributed by atoms with Gasteiger partial charge in [0.25, 0.3) is 0 Å². The van der Waals surface area contributed by atoms with Crippen molar-refractivity contribution in [1.29, 1.82) is 0 Å². The molecule has 1 aromatic carbocycles. The highest BCUT2D eigenvalue weighted by atomic mass is 35.5. The molecule has 0 aliphatic rings. The first-order chi connectivity index (χ1) is 6.72. The smallest absolute Gasteiger partial charge is 0.137 e. The Morgan fingerprint density at radius 1 is 1.29 bits per heavy atom. The number of ketones is 1. The Morgan fingerprint density at radius 2 is 1.93 bits per heavy atom. The number of benzene rings is 1. The van der Waals surface area contributed by atoms with Crippen LogP contribution in [0.1, 0.15) is 18.4 Å². The molecule has 3 heteroatoms. The van der Waals surface area contributed by atoms with Gasteiger partial charge in [0, 0.05) is 24.3 Å². The third-order valence-corrected chi connectivity index (χ3v) is 2.11. The lowest BCUT2D eigenvalue weighted by Crippen LogP contribution is -2.02. The van der Waals surface area contributed by atoms with E-state index >= 15 is 0 Å². The van der Waals surface area contributed by atoms with Crippen LogP contribution in [0.3, 0.4) is 0 Å². The number of Topliss-reactive ketones (excluding diaryl/α,β-unsaturated/α-hetero) is 1.